The molecule has 0 saturated heterocycles. The molecule has 0 amide bonds. The van der Waals surface area contributed by atoms with Crippen molar-refractivity contribution in [2.24, 2.45) is 0 Å². The van der Waals surface area contributed by atoms with E-state index in [4.69, 9.17) is 5.11 Å². The molecule has 0 bridgehead atoms. The molecule has 62 valence electrons. The van der Waals surface area contributed by atoms with Crippen LogP contribution in [0.15, 0.2) is 23.4 Å². The highest BCUT2D eigenvalue weighted by Crippen LogP contribution is 2.11. The predicted octanol–water partition coefficient (Wildman–Crippen LogP) is 1.14. The molecule has 0 aromatic heterocycles. The summed E-state index contributed by atoms with van der Waals surface area (Å²) in [5.41, 5.74) is 2.63. The van der Waals surface area contributed by atoms with Crippen molar-refractivity contribution in [2.45, 2.75) is 13.8 Å². The Morgan fingerprint density at radius 1 is 1.55 bits per heavy atom. The number of allylic oxidation sites excluding steroid dienone is 2. The maximum atomic E-state index is 8.70. The van der Waals surface area contributed by atoms with Crippen molar-refractivity contribution in [2.75, 3.05) is 19.7 Å². The van der Waals surface area contributed by atoms with Gasteiger partial charge in [-0.1, -0.05) is 11.6 Å². The summed E-state index contributed by atoms with van der Waals surface area (Å²) in [4.78, 5) is 2.13. The average molecular weight is 153 g/mol. The second kappa shape index (κ2) is 3.58. The van der Waals surface area contributed by atoms with Gasteiger partial charge >= 0.3 is 0 Å². The van der Waals surface area contributed by atoms with E-state index in [1.54, 1.807) is 0 Å². The van der Waals surface area contributed by atoms with E-state index in [9.17, 15) is 0 Å². The smallest absolute Gasteiger partial charge is 0.0606 e. The molecular formula is C9H15NO. The van der Waals surface area contributed by atoms with E-state index in [0.717, 1.165) is 13.1 Å². The van der Waals surface area contributed by atoms with E-state index in [-0.39, 0.29) is 6.61 Å². The molecule has 1 rings (SSSR count). The van der Waals surface area contributed by atoms with E-state index in [0.29, 0.717) is 0 Å². The Bertz CT molecular complexity index is 194. The lowest BCUT2D eigenvalue weighted by Gasteiger charge is -2.24. The van der Waals surface area contributed by atoms with Gasteiger partial charge in [-0.15, -0.1) is 0 Å². The highest BCUT2D eigenvalue weighted by Gasteiger charge is 2.04. The Balaban J connectivity index is 2.56. The first-order chi connectivity index (χ1) is 5.22. The number of rotatable bonds is 2. The molecule has 1 aliphatic heterocycles. The Labute approximate surface area is 67.8 Å². The molecule has 11 heavy (non-hydrogen) atoms. The van der Waals surface area contributed by atoms with Crippen molar-refractivity contribution in [3.05, 3.63) is 23.4 Å². The van der Waals surface area contributed by atoms with E-state index in [2.05, 4.69) is 31.0 Å². The van der Waals surface area contributed by atoms with Crippen LogP contribution in [0.1, 0.15) is 13.8 Å². The van der Waals surface area contributed by atoms with Gasteiger partial charge in [0.15, 0.2) is 0 Å². The standard InChI is InChI=1S/C9H15NO/c1-8-5-9(2)7-10(6-8)3-4-11/h5-6,11H,3-4,7H2,1-2H3. The summed E-state index contributed by atoms with van der Waals surface area (Å²) in [6, 6.07) is 0. The molecule has 0 aromatic carbocycles. The van der Waals surface area contributed by atoms with Crippen molar-refractivity contribution in [1.82, 2.24) is 4.90 Å². The van der Waals surface area contributed by atoms with E-state index in [1.807, 2.05) is 0 Å². The average Bonchev–Trinajstić information content (AvgIpc) is 1.85. The zero-order valence-corrected chi connectivity index (χ0v) is 7.17. The van der Waals surface area contributed by atoms with Crippen LogP contribution in [-0.2, 0) is 0 Å². The van der Waals surface area contributed by atoms with Crippen LogP contribution in [0.5, 0.6) is 0 Å². The molecule has 0 radical (unpaired) electrons. The first kappa shape index (κ1) is 8.34. The monoisotopic (exact) mass is 153 g/mol. The van der Waals surface area contributed by atoms with Crippen LogP contribution in [0.3, 0.4) is 0 Å². The predicted molar refractivity (Wildman–Crippen MR) is 46.2 cm³/mol. The van der Waals surface area contributed by atoms with E-state index >= 15 is 0 Å². The van der Waals surface area contributed by atoms with Crippen molar-refractivity contribution in [3.63, 3.8) is 0 Å². The molecule has 0 aromatic rings. The number of aliphatic hydroxyl groups excluding tert-OH is 1. The molecule has 1 heterocycles. The number of nitrogens with zero attached hydrogens (tertiary/aromatic N) is 1. The van der Waals surface area contributed by atoms with Gasteiger partial charge in [-0.3, -0.25) is 0 Å². The van der Waals surface area contributed by atoms with Gasteiger partial charge in [-0.25, -0.2) is 0 Å². The first-order valence-electron chi connectivity index (χ1n) is 3.93. The number of β-amino-alcohol motifs (C(OH)–C–C–N with tert-alkyl or cyclic N) is 1. The van der Waals surface area contributed by atoms with Gasteiger partial charge < -0.3 is 10.0 Å². The van der Waals surface area contributed by atoms with Crippen LogP contribution in [0, 0.1) is 0 Å². The molecule has 0 fully saturated rings. The van der Waals surface area contributed by atoms with Crippen LogP contribution in [0.25, 0.3) is 0 Å². The summed E-state index contributed by atoms with van der Waals surface area (Å²) in [5.74, 6) is 0. The normalized spacial score (nSPS) is 17.9. The zero-order chi connectivity index (χ0) is 8.27. The molecule has 2 heteroatoms. The molecule has 1 aliphatic rings. The van der Waals surface area contributed by atoms with Crippen molar-refractivity contribution in [1.29, 1.82) is 0 Å². The van der Waals surface area contributed by atoms with Crippen LogP contribution >= 0.6 is 0 Å². The maximum absolute atomic E-state index is 8.70. The third-order valence-electron chi connectivity index (χ3n) is 1.70. The summed E-state index contributed by atoms with van der Waals surface area (Å²) in [5, 5.41) is 8.70. The third-order valence-corrected chi connectivity index (χ3v) is 1.70. The summed E-state index contributed by atoms with van der Waals surface area (Å²) in [6.45, 7) is 6.12. The highest BCUT2D eigenvalue weighted by molar-refractivity contribution is 5.25. The van der Waals surface area contributed by atoms with Crippen LogP contribution in [0.2, 0.25) is 0 Å². The van der Waals surface area contributed by atoms with E-state index < -0.39 is 0 Å². The minimum atomic E-state index is 0.233. The summed E-state index contributed by atoms with van der Waals surface area (Å²) in [6.07, 6.45) is 4.26. The fourth-order valence-electron chi connectivity index (χ4n) is 1.40. The lowest BCUT2D eigenvalue weighted by atomic mass is 10.1. The van der Waals surface area contributed by atoms with Gasteiger partial charge in [0, 0.05) is 19.3 Å². The zero-order valence-electron chi connectivity index (χ0n) is 7.17. The Morgan fingerprint density at radius 2 is 2.27 bits per heavy atom. The fourth-order valence-corrected chi connectivity index (χ4v) is 1.40. The van der Waals surface area contributed by atoms with Gasteiger partial charge in [0.05, 0.1) is 6.61 Å². The summed E-state index contributed by atoms with van der Waals surface area (Å²) < 4.78 is 0. The fraction of sp³-hybridized carbons (Fsp3) is 0.556. The molecule has 0 unspecified atom stereocenters. The number of aliphatic hydroxyl groups is 1. The quantitative estimate of drug-likeness (QED) is 0.643. The maximum Gasteiger partial charge on any atom is 0.0606 e. The van der Waals surface area contributed by atoms with Gasteiger partial charge in [0.2, 0.25) is 0 Å². The van der Waals surface area contributed by atoms with E-state index in [1.165, 1.54) is 11.1 Å². The van der Waals surface area contributed by atoms with Gasteiger partial charge in [0.1, 0.15) is 0 Å². The first-order valence-corrected chi connectivity index (χ1v) is 3.93. The second-order valence-corrected chi connectivity index (χ2v) is 3.06. The van der Waals surface area contributed by atoms with Crippen LogP contribution in [0.4, 0.5) is 0 Å². The van der Waals surface area contributed by atoms with Crippen molar-refractivity contribution in [3.8, 4) is 0 Å². The second-order valence-electron chi connectivity index (χ2n) is 3.06. The Kier molecular flexibility index (Phi) is 2.71. The molecule has 2 nitrogen and oxygen atoms in total. The van der Waals surface area contributed by atoms with Crippen molar-refractivity contribution >= 4 is 0 Å². The molecular weight excluding hydrogens is 138 g/mol. The topological polar surface area (TPSA) is 23.5 Å². The van der Waals surface area contributed by atoms with Crippen LogP contribution < -0.4 is 0 Å². The third kappa shape index (κ3) is 2.39. The highest BCUT2D eigenvalue weighted by atomic mass is 16.3. The number of hydrogen-bond donors (Lipinski definition) is 1. The van der Waals surface area contributed by atoms with Gasteiger partial charge in [-0.2, -0.15) is 0 Å². The largest absolute Gasteiger partial charge is 0.395 e. The number of hydrogen-bond acceptors (Lipinski definition) is 2. The van der Waals surface area contributed by atoms with Gasteiger partial charge in [0.25, 0.3) is 0 Å². The lowest BCUT2D eigenvalue weighted by Crippen LogP contribution is -2.25. The summed E-state index contributed by atoms with van der Waals surface area (Å²) in [7, 11) is 0. The minimum absolute atomic E-state index is 0.233. The molecule has 0 spiro atoms. The SMILES string of the molecule is CC1=CN(CCO)CC(C)=C1. The van der Waals surface area contributed by atoms with Crippen LogP contribution in [-0.4, -0.2) is 29.7 Å². The minimum Gasteiger partial charge on any atom is -0.395 e. The van der Waals surface area contributed by atoms with Gasteiger partial charge in [-0.05, 0) is 19.4 Å². The summed E-state index contributed by atoms with van der Waals surface area (Å²) >= 11 is 0. The lowest BCUT2D eigenvalue weighted by molar-refractivity contribution is 0.242. The molecule has 0 atom stereocenters. The Hall–Kier alpha value is -0.760. The van der Waals surface area contributed by atoms with Crippen molar-refractivity contribution < 1.29 is 5.11 Å². The molecule has 0 aliphatic carbocycles. The molecule has 1 N–H and O–H groups in total. The molecule has 0 saturated carbocycles. The Morgan fingerprint density at radius 3 is 2.82 bits per heavy atom.